The Labute approximate surface area is 137 Å². The number of allylic oxidation sites excluding steroid dienone is 2. The van der Waals surface area contributed by atoms with Crippen molar-refractivity contribution in [2.75, 3.05) is 37.6 Å². The molecule has 0 spiro atoms. The van der Waals surface area contributed by atoms with Gasteiger partial charge in [0.2, 0.25) is 5.91 Å². The zero-order valence-corrected chi connectivity index (χ0v) is 13.4. The molecule has 1 aromatic heterocycles. The predicted octanol–water partition coefficient (Wildman–Crippen LogP) is 1.51. The molecule has 1 aliphatic heterocycles. The van der Waals surface area contributed by atoms with E-state index in [1.54, 1.807) is 12.3 Å². The number of nitrogens with two attached hydrogens (primary N) is 1. The smallest absolute Gasteiger partial charge is 0.250 e. The Kier molecular flexibility index (Phi) is 3.81. The van der Waals surface area contributed by atoms with Crippen LogP contribution in [0.25, 0.3) is 0 Å². The first-order chi connectivity index (χ1) is 11.2. The van der Waals surface area contributed by atoms with Gasteiger partial charge in [0.1, 0.15) is 5.82 Å². The number of primary amides is 1. The molecule has 4 rings (SSSR count). The quantitative estimate of drug-likeness (QED) is 0.856. The molecule has 2 fully saturated rings. The van der Waals surface area contributed by atoms with E-state index in [1.165, 1.54) is 19.4 Å². The highest BCUT2D eigenvalue weighted by Crippen LogP contribution is 2.43. The van der Waals surface area contributed by atoms with E-state index in [2.05, 4.69) is 26.9 Å². The van der Waals surface area contributed by atoms with Gasteiger partial charge < -0.3 is 10.6 Å². The number of carbonyl (C=O) groups is 1. The number of hydrogen-bond donors (Lipinski definition) is 1. The lowest BCUT2D eigenvalue weighted by Gasteiger charge is -2.37. The van der Waals surface area contributed by atoms with E-state index in [0.29, 0.717) is 5.56 Å². The molecule has 1 aromatic rings. The standard InChI is InChI=1S/C18H24N4O/c19-18(23)15-3-4-17(20-11-15)22-7-5-21(6-8-22)12-16-10-13-1-2-14(16)9-13/h1-4,11,13-14,16H,5-10,12H2,(H2,19,23)/t13-,14-,16+/m0/s1. The predicted molar refractivity (Wildman–Crippen MR) is 90.3 cm³/mol. The summed E-state index contributed by atoms with van der Waals surface area (Å²) >= 11 is 0. The third-order valence-electron chi connectivity index (χ3n) is 5.64. The van der Waals surface area contributed by atoms with Crippen LogP contribution in [0.3, 0.4) is 0 Å². The fourth-order valence-electron chi connectivity index (χ4n) is 4.31. The maximum atomic E-state index is 11.1. The summed E-state index contributed by atoms with van der Waals surface area (Å²) in [6, 6.07) is 3.66. The van der Waals surface area contributed by atoms with E-state index in [0.717, 1.165) is 49.8 Å². The molecule has 2 aliphatic carbocycles. The molecule has 5 heteroatoms. The first kappa shape index (κ1) is 14.7. The average molecular weight is 312 g/mol. The van der Waals surface area contributed by atoms with Crippen LogP contribution in [-0.4, -0.2) is 48.5 Å². The number of rotatable bonds is 4. The molecule has 5 nitrogen and oxygen atoms in total. The van der Waals surface area contributed by atoms with Gasteiger partial charge in [-0.15, -0.1) is 0 Å². The number of nitrogens with zero attached hydrogens (tertiary/aromatic N) is 3. The lowest BCUT2D eigenvalue weighted by molar-refractivity contribution is 0.1000. The van der Waals surface area contributed by atoms with Gasteiger partial charge in [-0.1, -0.05) is 12.2 Å². The normalized spacial score (nSPS) is 30.1. The lowest BCUT2D eigenvalue weighted by Crippen LogP contribution is -2.48. The number of aromatic nitrogens is 1. The number of anilines is 1. The van der Waals surface area contributed by atoms with Gasteiger partial charge in [0, 0.05) is 38.9 Å². The van der Waals surface area contributed by atoms with Crippen LogP contribution in [0.1, 0.15) is 23.2 Å². The Morgan fingerprint density at radius 2 is 2.00 bits per heavy atom. The number of hydrogen-bond acceptors (Lipinski definition) is 4. The van der Waals surface area contributed by atoms with Crippen molar-refractivity contribution >= 4 is 11.7 Å². The van der Waals surface area contributed by atoms with Crippen molar-refractivity contribution in [3.63, 3.8) is 0 Å². The molecule has 2 bridgehead atoms. The number of pyridine rings is 1. The molecular weight excluding hydrogens is 288 g/mol. The summed E-state index contributed by atoms with van der Waals surface area (Å²) < 4.78 is 0. The van der Waals surface area contributed by atoms with E-state index in [9.17, 15) is 4.79 Å². The van der Waals surface area contributed by atoms with Crippen LogP contribution in [0.2, 0.25) is 0 Å². The van der Waals surface area contributed by atoms with Crippen LogP contribution in [-0.2, 0) is 0 Å². The summed E-state index contributed by atoms with van der Waals surface area (Å²) in [5.74, 6) is 3.08. The molecule has 0 aromatic carbocycles. The molecule has 23 heavy (non-hydrogen) atoms. The van der Waals surface area contributed by atoms with Gasteiger partial charge in [0.25, 0.3) is 0 Å². The largest absolute Gasteiger partial charge is 0.366 e. The van der Waals surface area contributed by atoms with Gasteiger partial charge in [-0.3, -0.25) is 9.69 Å². The average Bonchev–Trinajstić information content (AvgIpc) is 3.18. The fourth-order valence-corrected chi connectivity index (χ4v) is 4.31. The van der Waals surface area contributed by atoms with Crippen LogP contribution in [0.5, 0.6) is 0 Å². The number of amides is 1. The maximum Gasteiger partial charge on any atom is 0.250 e. The summed E-state index contributed by atoms with van der Waals surface area (Å²) in [4.78, 5) is 20.4. The van der Waals surface area contributed by atoms with Gasteiger partial charge >= 0.3 is 0 Å². The zero-order valence-electron chi connectivity index (χ0n) is 13.4. The van der Waals surface area contributed by atoms with E-state index >= 15 is 0 Å². The number of fused-ring (bicyclic) bond motifs is 2. The second-order valence-electron chi connectivity index (χ2n) is 7.10. The Hall–Kier alpha value is -1.88. The van der Waals surface area contributed by atoms with Crippen molar-refractivity contribution in [3.8, 4) is 0 Å². The Morgan fingerprint density at radius 1 is 1.17 bits per heavy atom. The molecule has 2 heterocycles. The summed E-state index contributed by atoms with van der Waals surface area (Å²) in [6.45, 7) is 5.43. The van der Waals surface area contributed by atoms with Crippen LogP contribution in [0.4, 0.5) is 5.82 Å². The highest BCUT2D eigenvalue weighted by molar-refractivity contribution is 5.92. The maximum absolute atomic E-state index is 11.1. The van der Waals surface area contributed by atoms with Crippen molar-refractivity contribution in [1.82, 2.24) is 9.88 Å². The van der Waals surface area contributed by atoms with E-state index in [-0.39, 0.29) is 0 Å². The molecule has 0 radical (unpaired) electrons. The molecule has 1 amide bonds. The van der Waals surface area contributed by atoms with Crippen LogP contribution in [0.15, 0.2) is 30.5 Å². The topological polar surface area (TPSA) is 62.5 Å². The van der Waals surface area contributed by atoms with Gasteiger partial charge in [-0.05, 0) is 42.7 Å². The van der Waals surface area contributed by atoms with Crippen molar-refractivity contribution in [3.05, 3.63) is 36.0 Å². The summed E-state index contributed by atoms with van der Waals surface area (Å²) in [5, 5.41) is 0. The minimum atomic E-state index is -0.422. The third-order valence-corrected chi connectivity index (χ3v) is 5.64. The van der Waals surface area contributed by atoms with Crippen molar-refractivity contribution < 1.29 is 4.79 Å². The minimum Gasteiger partial charge on any atom is -0.366 e. The Balaban J connectivity index is 1.30. The van der Waals surface area contributed by atoms with E-state index in [1.807, 2.05) is 6.07 Å². The van der Waals surface area contributed by atoms with Crippen LogP contribution >= 0.6 is 0 Å². The Bertz CT molecular complexity index is 604. The molecule has 1 saturated carbocycles. The minimum absolute atomic E-state index is 0.422. The van der Waals surface area contributed by atoms with Crippen LogP contribution in [0, 0.1) is 17.8 Å². The highest BCUT2D eigenvalue weighted by atomic mass is 16.1. The molecule has 1 saturated heterocycles. The number of piperazine rings is 1. The second-order valence-corrected chi connectivity index (χ2v) is 7.10. The number of carbonyl (C=O) groups excluding carboxylic acids is 1. The molecule has 3 atom stereocenters. The molecule has 0 unspecified atom stereocenters. The van der Waals surface area contributed by atoms with Crippen molar-refractivity contribution in [2.45, 2.75) is 12.8 Å². The van der Waals surface area contributed by atoms with E-state index in [4.69, 9.17) is 5.73 Å². The zero-order chi connectivity index (χ0) is 15.8. The first-order valence-electron chi connectivity index (χ1n) is 8.60. The molecule has 3 aliphatic rings. The Morgan fingerprint density at radius 3 is 2.57 bits per heavy atom. The van der Waals surface area contributed by atoms with Gasteiger partial charge in [-0.2, -0.15) is 0 Å². The van der Waals surface area contributed by atoms with Gasteiger partial charge in [-0.25, -0.2) is 4.98 Å². The summed E-state index contributed by atoms with van der Waals surface area (Å²) in [5.41, 5.74) is 5.73. The summed E-state index contributed by atoms with van der Waals surface area (Å²) in [6.07, 6.45) is 9.21. The SMILES string of the molecule is NC(=O)c1ccc(N2CCN(C[C@H]3C[C@H]4C=C[C@H]3C4)CC2)nc1. The molecule has 2 N–H and O–H groups in total. The summed E-state index contributed by atoms with van der Waals surface area (Å²) in [7, 11) is 0. The second kappa shape index (κ2) is 5.96. The van der Waals surface area contributed by atoms with Crippen molar-refractivity contribution in [1.29, 1.82) is 0 Å². The molecular formula is C18H24N4O. The van der Waals surface area contributed by atoms with E-state index < -0.39 is 5.91 Å². The van der Waals surface area contributed by atoms with Crippen LogP contribution < -0.4 is 10.6 Å². The lowest BCUT2D eigenvalue weighted by atomic mass is 9.93. The monoisotopic (exact) mass is 312 g/mol. The van der Waals surface area contributed by atoms with Gasteiger partial charge in [0.05, 0.1) is 5.56 Å². The first-order valence-corrected chi connectivity index (χ1v) is 8.60. The van der Waals surface area contributed by atoms with Gasteiger partial charge in [0.15, 0.2) is 0 Å². The highest BCUT2D eigenvalue weighted by Gasteiger charge is 2.36. The third kappa shape index (κ3) is 2.98. The molecule has 122 valence electrons. The fraction of sp³-hybridized carbons (Fsp3) is 0.556. The van der Waals surface area contributed by atoms with Crippen molar-refractivity contribution in [2.24, 2.45) is 23.5 Å².